The summed E-state index contributed by atoms with van der Waals surface area (Å²) < 4.78 is 0. The van der Waals surface area contributed by atoms with E-state index in [4.69, 9.17) is 0 Å². The molecule has 2 rings (SSSR count). The first kappa shape index (κ1) is 19.4. The molecule has 2 N–H and O–H groups in total. The molecule has 0 unspecified atom stereocenters. The van der Waals surface area contributed by atoms with Crippen LogP contribution in [-0.2, 0) is 4.79 Å². The van der Waals surface area contributed by atoms with Crippen molar-refractivity contribution in [3.05, 3.63) is 53.6 Å². The Bertz CT molecular complexity index is 682. The quantitative estimate of drug-likeness (QED) is 0.625. The predicted octanol–water partition coefficient (Wildman–Crippen LogP) is 5.71. The van der Waals surface area contributed by atoms with Gasteiger partial charge in [0.2, 0.25) is 5.91 Å². The van der Waals surface area contributed by atoms with Crippen LogP contribution in [0.15, 0.2) is 47.4 Å². The molecule has 2 aromatic carbocycles. The number of anilines is 2. The lowest BCUT2D eigenvalue weighted by atomic mass is 9.92. The summed E-state index contributed by atoms with van der Waals surface area (Å²) in [7, 11) is 0. The second-order valence-corrected chi connectivity index (χ2v) is 7.63. The van der Waals surface area contributed by atoms with E-state index >= 15 is 0 Å². The minimum absolute atomic E-state index is 0.0369. The van der Waals surface area contributed by atoms with Crippen molar-refractivity contribution in [2.24, 2.45) is 0 Å². The number of hydrogen-bond acceptors (Lipinski definition) is 3. The average molecular weight is 357 g/mol. The maximum absolute atomic E-state index is 12.3. The van der Waals surface area contributed by atoms with Crippen LogP contribution < -0.4 is 10.6 Å². The number of para-hydroxylation sites is 1. The molecule has 0 aliphatic rings. The van der Waals surface area contributed by atoms with Crippen LogP contribution >= 0.6 is 11.8 Å². The lowest BCUT2D eigenvalue weighted by molar-refractivity contribution is -0.114. The standard InChI is InChI=1S/C21H28N2OS/c1-14(2)18-7-6-8-19(15(3)4)21(18)22-13-20(24)23-16-9-11-17(25-5)12-10-16/h6-12,14-15,22H,13H2,1-5H3,(H,23,24). The third-order valence-corrected chi connectivity index (χ3v) is 4.92. The molecule has 134 valence electrons. The van der Waals surface area contributed by atoms with Crippen LogP contribution in [0.3, 0.4) is 0 Å². The van der Waals surface area contributed by atoms with Gasteiger partial charge in [-0.15, -0.1) is 11.8 Å². The summed E-state index contributed by atoms with van der Waals surface area (Å²) in [6.07, 6.45) is 2.04. The molecule has 0 heterocycles. The number of nitrogens with one attached hydrogen (secondary N) is 2. The molecule has 0 aliphatic heterocycles. The summed E-state index contributed by atoms with van der Waals surface area (Å²) in [5.41, 5.74) is 4.43. The van der Waals surface area contributed by atoms with Crippen molar-refractivity contribution < 1.29 is 4.79 Å². The molecule has 0 radical (unpaired) electrons. The maximum atomic E-state index is 12.3. The Morgan fingerprint density at radius 1 is 0.960 bits per heavy atom. The van der Waals surface area contributed by atoms with Gasteiger partial charge in [0.15, 0.2) is 0 Å². The van der Waals surface area contributed by atoms with Gasteiger partial charge in [-0.3, -0.25) is 4.79 Å². The van der Waals surface area contributed by atoms with Crippen LogP contribution in [0, 0.1) is 0 Å². The summed E-state index contributed by atoms with van der Waals surface area (Å²) in [5.74, 6) is 0.775. The number of amides is 1. The molecule has 4 heteroatoms. The topological polar surface area (TPSA) is 41.1 Å². The van der Waals surface area contributed by atoms with Crippen molar-refractivity contribution in [2.45, 2.75) is 44.4 Å². The molecular formula is C21H28N2OS. The Labute approximate surface area is 155 Å². The van der Waals surface area contributed by atoms with Gasteiger partial charge in [0.25, 0.3) is 0 Å². The van der Waals surface area contributed by atoms with Gasteiger partial charge < -0.3 is 10.6 Å². The number of hydrogen-bond donors (Lipinski definition) is 2. The van der Waals surface area contributed by atoms with Gasteiger partial charge in [-0.1, -0.05) is 45.9 Å². The van der Waals surface area contributed by atoms with Gasteiger partial charge in [0.05, 0.1) is 6.54 Å². The zero-order chi connectivity index (χ0) is 18.4. The van der Waals surface area contributed by atoms with E-state index in [0.29, 0.717) is 11.8 Å². The Kier molecular flexibility index (Phi) is 6.94. The van der Waals surface area contributed by atoms with Crippen LogP contribution in [0.5, 0.6) is 0 Å². The number of carbonyl (C=O) groups excluding carboxylic acids is 1. The first-order valence-electron chi connectivity index (χ1n) is 8.73. The molecule has 0 saturated heterocycles. The highest BCUT2D eigenvalue weighted by atomic mass is 32.2. The fourth-order valence-electron chi connectivity index (χ4n) is 2.80. The largest absolute Gasteiger partial charge is 0.376 e. The molecule has 0 atom stereocenters. The highest BCUT2D eigenvalue weighted by Crippen LogP contribution is 2.32. The normalized spacial score (nSPS) is 11.0. The molecule has 0 saturated carbocycles. The van der Waals surface area contributed by atoms with E-state index in [1.54, 1.807) is 11.8 Å². The zero-order valence-electron chi connectivity index (χ0n) is 15.7. The third-order valence-electron chi connectivity index (χ3n) is 4.17. The Morgan fingerprint density at radius 3 is 2.00 bits per heavy atom. The van der Waals surface area contributed by atoms with Gasteiger partial charge in [-0.05, 0) is 53.5 Å². The summed E-state index contributed by atoms with van der Waals surface area (Å²) in [5, 5.41) is 6.32. The molecule has 1 amide bonds. The molecule has 0 aliphatic carbocycles. The highest BCUT2D eigenvalue weighted by Gasteiger charge is 2.14. The molecule has 25 heavy (non-hydrogen) atoms. The van der Waals surface area contributed by atoms with Gasteiger partial charge >= 0.3 is 0 Å². The van der Waals surface area contributed by atoms with Crippen molar-refractivity contribution >= 4 is 29.0 Å². The lowest BCUT2D eigenvalue weighted by Crippen LogP contribution is -2.23. The summed E-state index contributed by atoms with van der Waals surface area (Å²) in [6, 6.07) is 14.3. The number of benzene rings is 2. The van der Waals surface area contributed by atoms with Crippen molar-refractivity contribution in [2.75, 3.05) is 23.4 Å². The molecule has 3 nitrogen and oxygen atoms in total. The van der Waals surface area contributed by atoms with E-state index < -0.39 is 0 Å². The highest BCUT2D eigenvalue weighted by molar-refractivity contribution is 7.98. The van der Waals surface area contributed by atoms with E-state index in [1.807, 2.05) is 30.5 Å². The third kappa shape index (κ3) is 5.27. The predicted molar refractivity (Wildman–Crippen MR) is 110 cm³/mol. The second-order valence-electron chi connectivity index (χ2n) is 6.75. The van der Waals surface area contributed by atoms with E-state index in [2.05, 4.69) is 56.5 Å². The number of thioether (sulfide) groups is 1. The molecule has 0 bridgehead atoms. The Hall–Kier alpha value is -1.94. The molecule has 0 spiro atoms. The SMILES string of the molecule is CSc1ccc(NC(=O)CNc2c(C(C)C)cccc2C(C)C)cc1. The van der Waals surface area contributed by atoms with Crippen LogP contribution in [0.4, 0.5) is 11.4 Å². The fraction of sp³-hybridized carbons (Fsp3) is 0.381. The molecular weight excluding hydrogens is 328 g/mol. The molecule has 0 aromatic heterocycles. The fourth-order valence-corrected chi connectivity index (χ4v) is 3.21. The zero-order valence-corrected chi connectivity index (χ0v) is 16.5. The van der Waals surface area contributed by atoms with Crippen LogP contribution in [0.2, 0.25) is 0 Å². The molecule has 2 aromatic rings. The first-order chi connectivity index (χ1) is 11.9. The molecule has 0 fully saturated rings. The van der Waals surface area contributed by atoms with Gasteiger partial charge in [0.1, 0.15) is 0 Å². The first-order valence-corrected chi connectivity index (χ1v) is 9.95. The van der Waals surface area contributed by atoms with Gasteiger partial charge in [-0.25, -0.2) is 0 Å². The second kappa shape index (κ2) is 8.95. The minimum Gasteiger partial charge on any atom is -0.376 e. The van der Waals surface area contributed by atoms with E-state index in [1.165, 1.54) is 16.0 Å². The van der Waals surface area contributed by atoms with E-state index in [-0.39, 0.29) is 12.5 Å². The van der Waals surface area contributed by atoms with E-state index in [9.17, 15) is 4.79 Å². The number of rotatable bonds is 7. The van der Waals surface area contributed by atoms with E-state index in [0.717, 1.165) is 11.4 Å². The number of carbonyl (C=O) groups is 1. The van der Waals surface area contributed by atoms with Crippen LogP contribution in [-0.4, -0.2) is 18.7 Å². The van der Waals surface area contributed by atoms with Crippen LogP contribution in [0.1, 0.15) is 50.7 Å². The Balaban J connectivity index is 2.08. The monoisotopic (exact) mass is 356 g/mol. The summed E-state index contributed by atoms with van der Waals surface area (Å²) in [4.78, 5) is 13.5. The van der Waals surface area contributed by atoms with Gasteiger partial charge in [-0.2, -0.15) is 0 Å². The summed E-state index contributed by atoms with van der Waals surface area (Å²) in [6.45, 7) is 8.97. The van der Waals surface area contributed by atoms with Crippen LogP contribution in [0.25, 0.3) is 0 Å². The Morgan fingerprint density at radius 2 is 1.52 bits per heavy atom. The van der Waals surface area contributed by atoms with Crippen molar-refractivity contribution in [3.63, 3.8) is 0 Å². The lowest BCUT2D eigenvalue weighted by Gasteiger charge is -2.20. The van der Waals surface area contributed by atoms with Gasteiger partial charge in [0, 0.05) is 16.3 Å². The van der Waals surface area contributed by atoms with Crippen molar-refractivity contribution in [1.29, 1.82) is 0 Å². The minimum atomic E-state index is -0.0369. The van der Waals surface area contributed by atoms with Crippen molar-refractivity contribution in [3.8, 4) is 0 Å². The summed E-state index contributed by atoms with van der Waals surface area (Å²) >= 11 is 1.69. The average Bonchev–Trinajstić information content (AvgIpc) is 2.60. The van der Waals surface area contributed by atoms with Crippen molar-refractivity contribution in [1.82, 2.24) is 0 Å². The maximum Gasteiger partial charge on any atom is 0.243 e. The smallest absolute Gasteiger partial charge is 0.243 e.